The number of aromatic nitrogens is 3. The summed E-state index contributed by atoms with van der Waals surface area (Å²) in [7, 11) is 0. The summed E-state index contributed by atoms with van der Waals surface area (Å²) in [6, 6.07) is 39.4. The molecule has 0 spiro atoms. The van der Waals surface area contributed by atoms with E-state index in [0.29, 0.717) is 5.82 Å². The molecule has 3 nitrogen and oxygen atoms in total. The Hall–Kier alpha value is -3.98. The maximum Gasteiger partial charge on any atom is 0.142 e. The second kappa shape index (κ2) is 12.0. The van der Waals surface area contributed by atoms with Crippen molar-refractivity contribution in [2.24, 2.45) is 0 Å². The monoisotopic (exact) mass is 739 g/mol. The number of fused-ring (bicyclic) bond motifs is 1. The number of hydrogen-bond donors (Lipinski definition) is 0. The van der Waals surface area contributed by atoms with Gasteiger partial charge >= 0.3 is 0 Å². The number of benzene rings is 4. The molecule has 6 aromatic rings. The Balaban J connectivity index is 0.00000368. The van der Waals surface area contributed by atoms with Crippen molar-refractivity contribution in [1.82, 2.24) is 15.0 Å². The van der Waals surface area contributed by atoms with Crippen LogP contribution in [0.25, 0.3) is 55.9 Å². The minimum atomic E-state index is 0. The summed E-state index contributed by atoms with van der Waals surface area (Å²) in [6.45, 7) is 13.4. The molecule has 2 aromatic heterocycles. The van der Waals surface area contributed by atoms with E-state index in [9.17, 15) is 0 Å². The van der Waals surface area contributed by atoms with Gasteiger partial charge in [-0.25, -0.2) is 9.97 Å². The molecule has 43 heavy (non-hydrogen) atoms. The zero-order chi connectivity index (χ0) is 29.5. The largest absolute Gasteiger partial charge is 0.304 e. The Morgan fingerprint density at radius 2 is 1.14 bits per heavy atom. The second-order valence-corrected chi connectivity index (χ2v) is 13.0. The third-order valence-corrected chi connectivity index (χ3v) is 7.81. The number of hydrogen-bond acceptors (Lipinski definition) is 3. The van der Waals surface area contributed by atoms with Crippen LogP contribution in [0.2, 0.25) is 0 Å². The molecule has 0 N–H and O–H groups in total. The molecule has 217 valence electrons. The van der Waals surface area contributed by atoms with Gasteiger partial charge in [-0.05, 0) is 50.6 Å². The molecule has 2 heterocycles. The molecule has 1 radical (unpaired) electrons. The summed E-state index contributed by atoms with van der Waals surface area (Å²) in [5.74, 6) is 0.679. The van der Waals surface area contributed by atoms with Gasteiger partial charge in [-0.1, -0.05) is 120 Å². The van der Waals surface area contributed by atoms with E-state index in [0.717, 1.165) is 50.1 Å². The zero-order valence-electron chi connectivity index (χ0n) is 25.6. The van der Waals surface area contributed by atoms with Crippen LogP contribution < -0.4 is 0 Å². The summed E-state index contributed by atoms with van der Waals surface area (Å²) < 4.78 is 0. The molecule has 0 amide bonds. The Kier molecular flexibility index (Phi) is 8.47. The van der Waals surface area contributed by atoms with Crippen molar-refractivity contribution in [3.63, 3.8) is 0 Å². The van der Waals surface area contributed by atoms with Gasteiger partial charge in [-0.15, -0.1) is 29.8 Å². The minimum absolute atomic E-state index is 0. The third-order valence-electron chi connectivity index (χ3n) is 7.81. The predicted molar refractivity (Wildman–Crippen MR) is 175 cm³/mol. The standard InChI is InChI=1S/C39H36N3.Ir/c1-38(2,3)31-18-14-27(15-19-31)34-25-35(28-16-20-32(21-17-28)39(4,5)6)42-37(41-34)30-12-9-11-29(24-30)36-33-13-8-7-10-26(33)22-23-40-36;/h7-10,12-25H,1-6H3;/q-1;. The van der Waals surface area contributed by atoms with Crippen LogP contribution in [0.3, 0.4) is 0 Å². The second-order valence-electron chi connectivity index (χ2n) is 13.0. The summed E-state index contributed by atoms with van der Waals surface area (Å²) >= 11 is 0. The molecule has 0 aliphatic carbocycles. The normalized spacial score (nSPS) is 11.8. The molecule has 0 saturated carbocycles. The van der Waals surface area contributed by atoms with Gasteiger partial charge in [0, 0.05) is 37.4 Å². The van der Waals surface area contributed by atoms with Gasteiger partial charge < -0.3 is 4.98 Å². The first kappa shape index (κ1) is 30.5. The van der Waals surface area contributed by atoms with Crippen molar-refractivity contribution >= 4 is 10.8 Å². The van der Waals surface area contributed by atoms with E-state index in [1.165, 1.54) is 11.1 Å². The van der Waals surface area contributed by atoms with Gasteiger partial charge in [0.05, 0.1) is 11.4 Å². The van der Waals surface area contributed by atoms with Crippen LogP contribution in [-0.4, -0.2) is 15.0 Å². The maximum atomic E-state index is 5.10. The van der Waals surface area contributed by atoms with Crippen molar-refractivity contribution < 1.29 is 20.1 Å². The van der Waals surface area contributed by atoms with E-state index in [1.54, 1.807) is 0 Å². The average molecular weight is 739 g/mol. The summed E-state index contributed by atoms with van der Waals surface area (Å²) in [5, 5.41) is 2.25. The average Bonchev–Trinajstić information content (AvgIpc) is 3.00. The molecule has 0 aliphatic rings. The van der Waals surface area contributed by atoms with Gasteiger partial charge in [0.1, 0.15) is 5.82 Å². The van der Waals surface area contributed by atoms with Crippen LogP contribution in [0.1, 0.15) is 52.7 Å². The summed E-state index contributed by atoms with van der Waals surface area (Å²) in [6.07, 6.45) is 1.86. The minimum Gasteiger partial charge on any atom is -0.304 e. The van der Waals surface area contributed by atoms with Crippen molar-refractivity contribution in [3.8, 4) is 45.2 Å². The van der Waals surface area contributed by atoms with Crippen LogP contribution in [0.4, 0.5) is 0 Å². The fraction of sp³-hybridized carbons (Fsp3) is 0.205. The van der Waals surface area contributed by atoms with Gasteiger partial charge in [0.25, 0.3) is 0 Å². The van der Waals surface area contributed by atoms with Crippen molar-refractivity contribution in [1.29, 1.82) is 0 Å². The van der Waals surface area contributed by atoms with Crippen LogP contribution in [0.15, 0.2) is 109 Å². The molecule has 0 bridgehead atoms. The molecule has 4 heteroatoms. The van der Waals surface area contributed by atoms with E-state index in [4.69, 9.17) is 15.0 Å². The first-order valence-electron chi connectivity index (χ1n) is 14.5. The van der Waals surface area contributed by atoms with Gasteiger partial charge in [-0.2, -0.15) is 0 Å². The molecular weight excluding hydrogens is 703 g/mol. The predicted octanol–water partition coefficient (Wildman–Crippen LogP) is 10.1. The van der Waals surface area contributed by atoms with Crippen molar-refractivity contribution in [2.75, 3.05) is 0 Å². The maximum absolute atomic E-state index is 5.10. The van der Waals surface area contributed by atoms with Gasteiger partial charge in [-0.3, -0.25) is 0 Å². The Morgan fingerprint density at radius 1 is 0.581 bits per heavy atom. The van der Waals surface area contributed by atoms with Crippen molar-refractivity contribution in [3.05, 3.63) is 127 Å². The Bertz CT molecular complexity index is 1800. The molecule has 0 saturated heterocycles. The van der Waals surface area contributed by atoms with Gasteiger partial charge in [0.15, 0.2) is 0 Å². The van der Waals surface area contributed by atoms with Crippen LogP contribution in [-0.2, 0) is 30.9 Å². The van der Waals surface area contributed by atoms with E-state index in [1.807, 2.05) is 30.5 Å². The molecule has 0 atom stereocenters. The molecule has 4 aromatic carbocycles. The van der Waals surface area contributed by atoms with Crippen LogP contribution >= 0.6 is 0 Å². The first-order chi connectivity index (χ1) is 20.1. The third kappa shape index (κ3) is 6.51. The molecular formula is C39H36IrN3-. The molecule has 0 aliphatic heterocycles. The molecule has 6 rings (SSSR count). The fourth-order valence-corrected chi connectivity index (χ4v) is 5.23. The van der Waals surface area contributed by atoms with E-state index >= 15 is 0 Å². The van der Waals surface area contributed by atoms with E-state index in [2.05, 4.69) is 126 Å². The summed E-state index contributed by atoms with van der Waals surface area (Å²) in [5.41, 5.74) is 9.44. The molecule has 0 unspecified atom stereocenters. The Labute approximate surface area is 268 Å². The topological polar surface area (TPSA) is 38.7 Å². The smallest absolute Gasteiger partial charge is 0.142 e. The van der Waals surface area contributed by atoms with Gasteiger partial charge in [0.2, 0.25) is 0 Å². The van der Waals surface area contributed by atoms with E-state index < -0.39 is 0 Å². The first-order valence-corrected chi connectivity index (χ1v) is 14.5. The number of pyridine rings is 1. The molecule has 0 fully saturated rings. The fourth-order valence-electron chi connectivity index (χ4n) is 5.23. The quantitative estimate of drug-likeness (QED) is 0.169. The summed E-state index contributed by atoms with van der Waals surface area (Å²) in [4.78, 5) is 14.9. The zero-order valence-corrected chi connectivity index (χ0v) is 28.0. The number of nitrogens with zero attached hydrogens (tertiary/aromatic N) is 3. The van der Waals surface area contributed by atoms with E-state index in [-0.39, 0.29) is 30.9 Å². The SMILES string of the molecule is CC(C)(C)c1ccc(-c2cc(-c3ccc(C(C)(C)C)cc3)nc(-c3cc[c-]c(-c4nccc5ccccc45)c3)n2)cc1.[Ir]. The van der Waals surface area contributed by atoms with Crippen LogP contribution in [0, 0.1) is 6.07 Å². The number of rotatable bonds is 4. The van der Waals surface area contributed by atoms with Crippen LogP contribution in [0.5, 0.6) is 0 Å². The Morgan fingerprint density at radius 3 is 1.70 bits per heavy atom. The van der Waals surface area contributed by atoms with Crippen molar-refractivity contribution in [2.45, 2.75) is 52.4 Å².